The van der Waals surface area contributed by atoms with E-state index in [4.69, 9.17) is 0 Å². The Morgan fingerprint density at radius 1 is 1.00 bits per heavy atom. The fourth-order valence-corrected chi connectivity index (χ4v) is 3.33. The Labute approximate surface area is 146 Å². The Balaban J connectivity index is 2.27. The zero-order chi connectivity index (χ0) is 17.7. The summed E-state index contributed by atoms with van der Waals surface area (Å²) in [5.41, 5.74) is 5.36. The van der Waals surface area contributed by atoms with Crippen molar-refractivity contribution in [3.05, 3.63) is 52.8 Å². The number of hydrogen-bond acceptors (Lipinski definition) is 2. The maximum Gasteiger partial charge on any atom is 0.178 e. The van der Waals surface area contributed by atoms with Gasteiger partial charge in [-0.25, -0.2) is 0 Å². The van der Waals surface area contributed by atoms with Gasteiger partial charge in [0.15, 0.2) is 5.78 Å². The number of aromatic nitrogens is 1. The van der Waals surface area contributed by atoms with Gasteiger partial charge in [0.25, 0.3) is 0 Å². The monoisotopic (exact) mass is 326 g/mol. The first-order valence-electron chi connectivity index (χ1n) is 8.99. The lowest BCUT2D eigenvalue weighted by molar-refractivity contribution is 0.0930. The van der Waals surface area contributed by atoms with E-state index in [9.17, 15) is 4.79 Å². The van der Waals surface area contributed by atoms with Gasteiger partial charge in [-0.3, -0.25) is 9.69 Å². The minimum Gasteiger partial charge on any atom is -0.318 e. The Morgan fingerprint density at radius 2 is 1.58 bits per heavy atom. The van der Waals surface area contributed by atoms with E-state index in [1.165, 1.54) is 5.56 Å². The van der Waals surface area contributed by atoms with Crippen LogP contribution in [0.25, 0.3) is 5.69 Å². The molecule has 0 aliphatic heterocycles. The molecule has 24 heavy (non-hydrogen) atoms. The van der Waals surface area contributed by atoms with Crippen molar-refractivity contribution in [1.29, 1.82) is 0 Å². The predicted molar refractivity (Wildman–Crippen MR) is 101 cm³/mol. The SMILES string of the molecule is CCCN(CCC)CC(=O)c1cc(C)n(-c2ccc(C)cc2)c1C. The van der Waals surface area contributed by atoms with Crippen LogP contribution in [0.5, 0.6) is 0 Å². The molecule has 0 bridgehead atoms. The highest BCUT2D eigenvalue weighted by molar-refractivity contribution is 5.99. The van der Waals surface area contributed by atoms with E-state index in [2.05, 4.69) is 61.4 Å². The topological polar surface area (TPSA) is 25.2 Å². The Morgan fingerprint density at radius 3 is 2.12 bits per heavy atom. The average Bonchev–Trinajstić information content (AvgIpc) is 2.84. The summed E-state index contributed by atoms with van der Waals surface area (Å²) >= 11 is 0. The molecule has 0 saturated heterocycles. The smallest absolute Gasteiger partial charge is 0.178 e. The summed E-state index contributed by atoms with van der Waals surface area (Å²) in [6.07, 6.45) is 2.16. The largest absolute Gasteiger partial charge is 0.318 e. The number of carbonyl (C=O) groups is 1. The molecule has 0 aliphatic rings. The van der Waals surface area contributed by atoms with Gasteiger partial charge >= 0.3 is 0 Å². The molecule has 1 aromatic heterocycles. The molecule has 2 aromatic rings. The van der Waals surface area contributed by atoms with Crippen LogP contribution in [0.2, 0.25) is 0 Å². The summed E-state index contributed by atoms with van der Waals surface area (Å²) in [6, 6.07) is 10.5. The first-order chi connectivity index (χ1) is 11.5. The van der Waals surface area contributed by atoms with Gasteiger partial charge in [-0.05, 0) is 64.9 Å². The van der Waals surface area contributed by atoms with Crippen molar-refractivity contribution in [3.63, 3.8) is 0 Å². The number of hydrogen-bond donors (Lipinski definition) is 0. The third-order valence-electron chi connectivity index (χ3n) is 4.47. The van der Waals surface area contributed by atoms with Crippen LogP contribution in [0.1, 0.15) is 54.0 Å². The van der Waals surface area contributed by atoms with Crippen molar-refractivity contribution in [2.24, 2.45) is 0 Å². The average molecular weight is 326 g/mol. The number of benzene rings is 1. The highest BCUT2D eigenvalue weighted by Gasteiger charge is 2.18. The molecule has 3 heteroatoms. The number of carbonyl (C=O) groups excluding carboxylic acids is 1. The van der Waals surface area contributed by atoms with Crippen molar-refractivity contribution < 1.29 is 4.79 Å². The van der Waals surface area contributed by atoms with Gasteiger partial charge in [0.1, 0.15) is 0 Å². The normalized spacial score (nSPS) is 11.2. The van der Waals surface area contributed by atoms with Gasteiger partial charge in [-0.15, -0.1) is 0 Å². The van der Waals surface area contributed by atoms with Gasteiger partial charge in [0.05, 0.1) is 6.54 Å². The predicted octanol–water partition coefficient (Wildman–Crippen LogP) is 4.71. The third kappa shape index (κ3) is 4.15. The summed E-state index contributed by atoms with van der Waals surface area (Å²) in [7, 11) is 0. The minimum atomic E-state index is 0.225. The number of aryl methyl sites for hydroxylation is 2. The van der Waals surface area contributed by atoms with Gasteiger partial charge in [0.2, 0.25) is 0 Å². The van der Waals surface area contributed by atoms with Crippen molar-refractivity contribution >= 4 is 5.78 Å². The summed E-state index contributed by atoms with van der Waals surface area (Å²) in [4.78, 5) is 15.1. The summed E-state index contributed by atoms with van der Waals surface area (Å²) in [5, 5.41) is 0. The van der Waals surface area contributed by atoms with E-state index >= 15 is 0 Å². The lowest BCUT2D eigenvalue weighted by Gasteiger charge is -2.20. The molecule has 0 aliphatic carbocycles. The van der Waals surface area contributed by atoms with E-state index < -0.39 is 0 Å². The van der Waals surface area contributed by atoms with Crippen LogP contribution in [0.4, 0.5) is 0 Å². The Hall–Kier alpha value is -1.87. The second-order valence-electron chi connectivity index (χ2n) is 6.66. The molecular weight excluding hydrogens is 296 g/mol. The van der Waals surface area contributed by atoms with E-state index in [0.29, 0.717) is 6.54 Å². The lowest BCUT2D eigenvalue weighted by Crippen LogP contribution is -2.31. The van der Waals surface area contributed by atoms with Crippen molar-refractivity contribution in [2.75, 3.05) is 19.6 Å². The van der Waals surface area contributed by atoms with Gasteiger partial charge < -0.3 is 4.57 Å². The highest BCUT2D eigenvalue weighted by Crippen LogP contribution is 2.22. The number of nitrogens with zero attached hydrogens (tertiary/aromatic N) is 2. The van der Waals surface area contributed by atoms with Gasteiger partial charge in [0, 0.05) is 22.6 Å². The lowest BCUT2D eigenvalue weighted by atomic mass is 10.1. The van der Waals surface area contributed by atoms with Crippen LogP contribution >= 0.6 is 0 Å². The standard InChI is InChI=1S/C21H30N2O/c1-6-12-22(13-7-2)15-21(24)20-14-17(4)23(18(20)5)19-10-8-16(3)9-11-19/h8-11,14H,6-7,12-13,15H2,1-5H3. The molecule has 130 valence electrons. The molecule has 3 nitrogen and oxygen atoms in total. The zero-order valence-corrected chi connectivity index (χ0v) is 15.7. The highest BCUT2D eigenvalue weighted by atomic mass is 16.1. The summed E-state index contributed by atoms with van der Waals surface area (Å²) < 4.78 is 2.18. The van der Waals surface area contributed by atoms with Crippen molar-refractivity contribution in [1.82, 2.24) is 9.47 Å². The molecule has 0 N–H and O–H groups in total. The first kappa shape index (κ1) is 18.5. The zero-order valence-electron chi connectivity index (χ0n) is 15.7. The summed E-state index contributed by atoms with van der Waals surface area (Å²) in [6.45, 7) is 13.0. The van der Waals surface area contributed by atoms with Crippen LogP contribution in [0.3, 0.4) is 0 Å². The molecule has 1 heterocycles. The van der Waals surface area contributed by atoms with Crippen molar-refractivity contribution in [2.45, 2.75) is 47.5 Å². The van der Waals surface area contributed by atoms with Gasteiger partial charge in [-0.2, -0.15) is 0 Å². The second-order valence-corrected chi connectivity index (χ2v) is 6.66. The maximum absolute atomic E-state index is 12.8. The van der Waals surface area contributed by atoms with Crippen LogP contribution in [0.15, 0.2) is 30.3 Å². The van der Waals surface area contributed by atoms with Crippen LogP contribution in [-0.2, 0) is 0 Å². The molecule has 0 spiro atoms. The molecule has 0 saturated carbocycles. The molecule has 0 fully saturated rings. The fourth-order valence-electron chi connectivity index (χ4n) is 3.33. The van der Waals surface area contributed by atoms with Gasteiger partial charge in [-0.1, -0.05) is 31.5 Å². The molecule has 0 atom stereocenters. The Kier molecular flexibility index (Phi) is 6.38. The Bertz CT molecular complexity index is 677. The molecule has 0 amide bonds. The quantitative estimate of drug-likeness (QED) is 0.657. The van der Waals surface area contributed by atoms with Crippen molar-refractivity contribution in [3.8, 4) is 5.69 Å². The van der Waals surface area contributed by atoms with Crippen LogP contribution in [0, 0.1) is 20.8 Å². The molecule has 0 radical (unpaired) electrons. The van der Waals surface area contributed by atoms with E-state index in [-0.39, 0.29) is 5.78 Å². The molecule has 1 aromatic carbocycles. The second kappa shape index (κ2) is 8.29. The number of Topliss-reactive ketones (excluding diaryl/α,β-unsaturated/α-hetero) is 1. The fraction of sp³-hybridized carbons (Fsp3) is 0.476. The number of ketones is 1. The maximum atomic E-state index is 12.8. The van der Waals surface area contributed by atoms with E-state index in [1.54, 1.807) is 0 Å². The molecule has 2 rings (SSSR count). The van der Waals surface area contributed by atoms with E-state index in [1.807, 2.05) is 13.0 Å². The third-order valence-corrected chi connectivity index (χ3v) is 4.47. The first-order valence-corrected chi connectivity index (χ1v) is 8.99. The molecular formula is C21H30N2O. The summed E-state index contributed by atoms with van der Waals surface area (Å²) in [5.74, 6) is 0.225. The van der Waals surface area contributed by atoms with E-state index in [0.717, 1.165) is 48.6 Å². The van der Waals surface area contributed by atoms with Crippen LogP contribution in [-0.4, -0.2) is 34.9 Å². The number of rotatable bonds is 8. The minimum absolute atomic E-state index is 0.225. The van der Waals surface area contributed by atoms with Crippen LogP contribution < -0.4 is 0 Å². The molecule has 0 unspecified atom stereocenters.